The number of rotatable bonds is 2. The van der Waals surface area contributed by atoms with E-state index in [2.05, 4.69) is 10.3 Å². The number of benzene rings is 2. The third-order valence-electron chi connectivity index (χ3n) is 3.15. The number of aromatic nitrogens is 1. The molecule has 4 heteroatoms. The minimum absolute atomic E-state index is 0.145. The maximum Gasteiger partial charge on any atom is 0.255 e. The van der Waals surface area contributed by atoms with Crippen molar-refractivity contribution in [3.05, 3.63) is 64.8 Å². The SMILES string of the molecule is Cc1cc2c(NC(=O)c3ccc(Cl)cc3)cccc2[nH]1. The number of anilines is 1. The summed E-state index contributed by atoms with van der Waals surface area (Å²) in [6, 6.07) is 14.6. The van der Waals surface area contributed by atoms with Gasteiger partial charge in [0.25, 0.3) is 5.91 Å². The molecule has 0 radical (unpaired) electrons. The number of fused-ring (bicyclic) bond motifs is 1. The van der Waals surface area contributed by atoms with Gasteiger partial charge in [-0.05, 0) is 49.4 Å². The molecule has 3 rings (SSSR count). The van der Waals surface area contributed by atoms with Crippen molar-refractivity contribution in [1.29, 1.82) is 0 Å². The standard InChI is InChI=1S/C16H13ClN2O/c1-10-9-13-14(18-10)3-2-4-15(13)19-16(20)11-5-7-12(17)8-6-11/h2-9,18H,1H3,(H,19,20). The molecule has 1 aromatic heterocycles. The molecule has 20 heavy (non-hydrogen) atoms. The number of aromatic amines is 1. The number of nitrogens with one attached hydrogen (secondary N) is 2. The van der Waals surface area contributed by atoms with Gasteiger partial charge in [0, 0.05) is 27.2 Å². The number of carbonyl (C=O) groups is 1. The van der Waals surface area contributed by atoms with Crippen LogP contribution in [0.15, 0.2) is 48.5 Å². The molecular formula is C16H13ClN2O. The lowest BCUT2D eigenvalue weighted by atomic mass is 10.1. The van der Waals surface area contributed by atoms with Crippen LogP contribution in [0, 0.1) is 6.92 Å². The third kappa shape index (κ3) is 2.40. The van der Waals surface area contributed by atoms with Crippen LogP contribution >= 0.6 is 11.6 Å². The van der Waals surface area contributed by atoms with Crippen molar-refractivity contribution >= 4 is 34.1 Å². The molecule has 0 aliphatic carbocycles. The average molecular weight is 285 g/mol. The van der Waals surface area contributed by atoms with Crippen molar-refractivity contribution in [2.24, 2.45) is 0 Å². The summed E-state index contributed by atoms with van der Waals surface area (Å²) in [4.78, 5) is 15.5. The molecule has 0 aliphatic heterocycles. The Morgan fingerprint density at radius 1 is 1.15 bits per heavy atom. The molecule has 0 atom stereocenters. The number of hydrogen-bond donors (Lipinski definition) is 2. The predicted octanol–water partition coefficient (Wildman–Crippen LogP) is 4.38. The molecule has 2 aromatic carbocycles. The van der Waals surface area contributed by atoms with Crippen LogP contribution < -0.4 is 5.32 Å². The minimum Gasteiger partial charge on any atom is -0.359 e. The quantitative estimate of drug-likeness (QED) is 0.720. The normalized spacial score (nSPS) is 10.7. The molecule has 0 saturated carbocycles. The zero-order valence-corrected chi connectivity index (χ0v) is 11.7. The van der Waals surface area contributed by atoms with Crippen LogP contribution in [-0.4, -0.2) is 10.9 Å². The highest BCUT2D eigenvalue weighted by Crippen LogP contribution is 2.24. The van der Waals surface area contributed by atoms with Gasteiger partial charge in [0.2, 0.25) is 0 Å². The van der Waals surface area contributed by atoms with Crippen molar-refractivity contribution in [2.75, 3.05) is 5.32 Å². The first kappa shape index (κ1) is 12.8. The molecule has 0 bridgehead atoms. The maximum atomic E-state index is 12.2. The van der Waals surface area contributed by atoms with Gasteiger partial charge in [0.1, 0.15) is 0 Å². The number of aryl methyl sites for hydroxylation is 1. The number of H-pyrrole nitrogens is 1. The van der Waals surface area contributed by atoms with E-state index in [1.165, 1.54) is 0 Å². The van der Waals surface area contributed by atoms with Gasteiger partial charge in [0.15, 0.2) is 0 Å². The Bertz CT molecular complexity index is 775. The summed E-state index contributed by atoms with van der Waals surface area (Å²) in [6.07, 6.45) is 0. The fourth-order valence-corrected chi connectivity index (χ4v) is 2.33. The molecule has 0 spiro atoms. The molecular weight excluding hydrogens is 272 g/mol. The number of halogens is 1. The fraction of sp³-hybridized carbons (Fsp3) is 0.0625. The van der Waals surface area contributed by atoms with E-state index >= 15 is 0 Å². The van der Waals surface area contributed by atoms with Crippen molar-refractivity contribution in [3.63, 3.8) is 0 Å². The molecule has 3 aromatic rings. The van der Waals surface area contributed by atoms with Gasteiger partial charge in [-0.25, -0.2) is 0 Å². The van der Waals surface area contributed by atoms with Crippen molar-refractivity contribution in [2.45, 2.75) is 6.92 Å². The Balaban J connectivity index is 1.93. The summed E-state index contributed by atoms with van der Waals surface area (Å²) in [7, 11) is 0. The van der Waals surface area contributed by atoms with E-state index in [1.807, 2.05) is 31.2 Å². The van der Waals surface area contributed by atoms with Crippen LogP contribution in [0.3, 0.4) is 0 Å². The monoisotopic (exact) mass is 284 g/mol. The van der Waals surface area contributed by atoms with Gasteiger partial charge < -0.3 is 10.3 Å². The average Bonchev–Trinajstić information content (AvgIpc) is 2.81. The Hall–Kier alpha value is -2.26. The Morgan fingerprint density at radius 3 is 2.65 bits per heavy atom. The highest BCUT2D eigenvalue weighted by Gasteiger charge is 2.09. The summed E-state index contributed by atoms with van der Waals surface area (Å²) in [5.74, 6) is -0.145. The molecule has 0 saturated heterocycles. The van der Waals surface area contributed by atoms with Crippen LogP contribution in [0.4, 0.5) is 5.69 Å². The Labute approximate surface area is 121 Å². The van der Waals surface area contributed by atoms with Crippen molar-refractivity contribution in [1.82, 2.24) is 4.98 Å². The lowest BCUT2D eigenvalue weighted by Crippen LogP contribution is -2.11. The van der Waals surface area contributed by atoms with Gasteiger partial charge in [-0.1, -0.05) is 17.7 Å². The van der Waals surface area contributed by atoms with E-state index in [1.54, 1.807) is 24.3 Å². The number of carbonyl (C=O) groups excluding carboxylic acids is 1. The lowest BCUT2D eigenvalue weighted by molar-refractivity contribution is 0.102. The van der Waals surface area contributed by atoms with Gasteiger partial charge in [0.05, 0.1) is 5.69 Å². The zero-order valence-electron chi connectivity index (χ0n) is 10.9. The zero-order chi connectivity index (χ0) is 14.1. The number of amides is 1. The highest BCUT2D eigenvalue weighted by atomic mass is 35.5. The molecule has 0 aliphatic rings. The molecule has 1 heterocycles. The first-order valence-electron chi connectivity index (χ1n) is 6.29. The summed E-state index contributed by atoms with van der Waals surface area (Å²) < 4.78 is 0. The van der Waals surface area contributed by atoms with Gasteiger partial charge in [-0.2, -0.15) is 0 Å². The van der Waals surface area contributed by atoms with Crippen LogP contribution in [0.5, 0.6) is 0 Å². The molecule has 0 unspecified atom stereocenters. The second-order valence-electron chi connectivity index (χ2n) is 4.68. The molecule has 0 fully saturated rings. The van der Waals surface area contributed by atoms with Crippen LogP contribution in [0.25, 0.3) is 10.9 Å². The van der Waals surface area contributed by atoms with Gasteiger partial charge >= 0.3 is 0 Å². The van der Waals surface area contributed by atoms with E-state index < -0.39 is 0 Å². The summed E-state index contributed by atoms with van der Waals surface area (Å²) in [5, 5.41) is 4.55. The predicted molar refractivity (Wildman–Crippen MR) is 82.4 cm³/mol. The minimum atomic E-state index is -0.145. The van der Waals surface area contributed by atoms with Crippen LogP contribution in [0.2, 0.25) is 5.02 Å². The first-order chi connectivity index (χ1) is 9.63. The highest BCUT2D eigenvalue weighted by molar-refractivity contribution is 6.30. The summed E-state index contributed by atoms with van der Waals surface area (Å²) in [6.45, 7) is 1.99. The van der Waals surface area contributed by atoms with E-state index in [9.17, 15) is 4.79 Å². The Morgan fingerprint density at radius 2 is 1.90 bits per heavy atom. The van der Waals surface area contributed by atoms with E-state index in [0.717, 1.165) is 22.3 Å². The lowest BCUT2D eigenvalue weighted by Gasteiger charge is -2.06. The largest absolute Gasteiger partial charge is 0.359 e. The second-order valence-corrected chi connectivity index (χ2v) is 5.12. The fourth-order valence-electron chi connectivity index (χ4n) is 2.20. The second kappa shape index (κ2) is 5.02. The summed E-state index contributed by atoms with van der Waals surface area (Å²) in [5.41, 5.74) is 3.45. The van der Waals surface area contributed by atoms with Crippen LogP contribution in [-0.2, 0) is 0 Å². The Kier molecular flexibility index (Phi) is 3.20. The van der Waals surface area contributed by atoms with E-state index in [-0.39, 0.29) is 5.91 Å². The topological polar surface area (TPSA) is 44.9 Å². The molecule has 2 N–H and O–H groups in total. The molecule has 100 valence electrons. The van der Waals surface area contributed by atoms with Gasteiger partial charge in [-0.3, -0.25) is 4.79 Å². The smallest absolute Gasteiger partial charge is 0.255 e. The molecule has 1 amide bonds. The van der Waals surface area contributed by atoms with E-state index in [0.29, 0.717) is 10.6 Å². The number of hydrogen-bond acceptors (Lipinski definition) is 1. The van der Waals surface area contributed by atoms with Crippen molar-refractivity contribution in [3.8, 4) is 0 Å². The summed E-state index contributed by atoms with van der Waals surface area (Å²) >= 11 is 5.82. The maximum absolute atomic E-state index is 12.2. The van der Waals surface area contributed by atoms with Gasteiger partial charge in [-0.15, -0.1) is 0 Å². The van der Waals surface area contributed by atoms with Crippen molar-refractivity contribution < 1.29 is 4.79 Å². The van der Waals surface area contributed by atoms with E-state index in [4.69, 9.17) is 11.6 Å². The third-order valence-corrected chi connectivity index (χ3v) is 3.41. The molecule has 3 nitrogen and oxygen atoms in total. The van der Waals surface area contributed by atoms with Crippen LogP contribution in [0.1, 0.15) is 16.1 Å². The first-order valence-corrected chi connectivity index (χ1v) is 6.66.